The Kier molecular flexibility index (Phi) is 5.27. The zero-order chi connectivity index (χ0) is 20.4. The van der Waals surface area contributed by atoms with Crippen molar-refractivity contribution in [3.8, 4) is 11.5 Å². The second kappa shape index (κ2) is 7.87. The van der Waals surface area contributed by atoms with E-state index in [1.165, 1.54) is 12.7 Å². The number of anilines is 1. The molecule has 0 saturated heterocycles. The van der Waals surface area contributed by atoms with Gasteiger partial charge in [-0.3, -0.25) is 0 Å². The third-order valence-electron chi connectivity index (χ3n) is 5.11. The molecule has 0 radical (unpaired) electrons. The largest absolute Gasteiger partial charge is 0.493 e. The van der Waals surface area contributed by atoms with Gasteiger partial charge in [-0.2, -0.15) is 0 Å². The number of ether oxygens (including phenoxy) is 2. The lowest BCUT2D eigenvalue weighted by molar-refractivity contribution is 0.285. The van der Waals surface area contributed by atoms with Gasteiger partial charge in [-0.25, -0.2) is 19.0 Å². The minimum absolute atomic E-state index is 0.267. The fourth-order valence-corrected chi connectivity index (χ4v) is 3.95. The maximum atomic E-state index is 12.0. The van der Waals surface area contributed by atoms with Crippen LogP contribution in [-0.4, -0.2) is 33.6 Å². The van der Waals surface area contributed by atoms with Gasteiger partial charge in [0.25, 0.3) is 0 Å². The van der Waals surface area contributed by atoms with Crippen LogP contribution in [0.25, 0.3) is 10.9 Å². The fourth-order valence-electron chi connectivity index (χ4n) is 3.24. The van der Waals surface area contributed by atoms with E-state index in [0.717, 1.165) is 35.1 Å². The first-order chi connectivity index (χ1) is 13.9. The Morgan fingerprint density at radius 3 is 2.72 bits per heavy atom. The quantitative estimate of drug-likeness (QED) is 0.603. The van der Waals surface area contributed by atoms with Crippen LogP contribution in [0, 0.1) is 4.78 Å². The maximum Gasteiger partial charge on any atom is 0.163 e. The highest BCUT2D eigenvalue weighted by Crippen LogP contribution is 2.35. The average Bonchev–Trinajstić information content (AvgIpc) is 2.68. The van der Waals surface area contributed by atoms with Crippen LogP contribution in [0.3, 0.4) is 0 Å². The molecule has 8 heteroatoms. The third kappa shape index (κ3) is 4.27. The summed E-state index contributed by atoms with van der Waals surface area (Å²) in [6.45, 7) is 0.267. The number of nitrogens with zero attached hydrogens (tertiary/aromatic N) is 2. The monoisotopic (exact) mass is 412 g/mol. The van der Waals surface area contributed by atoms with E-state index >= 15 is 0 Å². The third-order valence-corrected chi connectivity index (χ3v) is 6.26. The van der Waals surface area contributed by atoms with Crippen molar-refractivity contribution in [1.29, 1.82) is 4.78 Å². The molecule has 0 bridgehead atoms. The van der Waals surface area contributed by atoms with Crippen LogP contribution in [-0.2, 0) is 16.3 Å². The zero-order valence-electron chi connectivity index (χ0n) is 16.5. The zero-order valence-corrected chi connectivity index (χ0v) is 17.3. The number of benzene rings is 2. The molecule has 1 atom stereocenters. The van der Waals surface area contributed by atoms with Gasteiger partial charge in [0, 0.05) is 28.6 Å². The van der Waals surface area contributed by atoms with E-state index in [1.807, 2.05) is 18.2 Å². The van der Waals surface area contributed by atoms with Gasteiger partial charge in [0.2, 0.25) is 0 Å². The lowest BCUT2D eigenvalue weighted by atomic mass is 9.93. The molecule has 3 aromatic rings. The molecular formula is C21H24N4O3S. The van der Waals surface area contributed by atoms with E-state index in [9.17, 15) is 4.21 Å². The number of hydrogen-bond donors (Lipinski definition) is 2. The van der Waals surface area contributed by atoms with Gasteiger partial charge < -0.3 is 14.8 Å². The topological polar surface area (TPSA) is 97.2 Å². The van der Waals surface area contributed by atoms with Crippen molar-refractivity contribution in [2.75, 3.05) is 18.7 Å². The highest BCUT2D eigenvalue weighted by atomic mass is 32.2. The summed E-state index contributed by atoms with van der Waals surface area (Å²) in [6.07, 6.45) is 6.52. The summed E-state index contributed by atoms with van der Waals surface area (Å²) in [5.41, 5.74) is 1.61. The summed E-state index contributed by atoms with van der Waals surface area (Å²) >= 11 is 0. The molecule has 1 heterocycles. The molecule has 1 aliphatic rings. The molecule has 1 aliphatic carbocycles. The van der Waals surface area contributed by atoms with Crippen molar-refractivity contribution in [3.05, 3.63) is 48.3 Å². The lowest BCUT2D eigenvalue weighted by Crippen LogP contribution is -2.27. The Bertz CT molecular complexity index is 1140. The molecule has 1 saturated carbocycles. The Morgan fingerprint density at radius 1 is 1.21 bits per heavy atom. The Balaban J connectivity index is 1.60. The van der Waals surface area contributed by atoms with Gasteiger partial charge in [0.05, 0.1) is 22.4 Å². The molecule has 7 nitrogen and oxygen atoms in total. The van der Waals surface area contributed by atoms with Crippen LogP contribution >= 0.6 is 0 Å². The molecule has 152 valence electrons. The van der Waals surface area contributed by atoms with Crippen LogP contribution in [0.5, 0.6) is 11.5 Å². The predicted molar refractivity (Wildman–Crippen MR) is 113 cm³/mol. The molecule has 1 fully saturated rings. The minimum atomic E-state index is -2.77. The van der Waals surface area contributed by atoms with Crippen LogP contribution < -0.4 is 14.8 Å². The van der Waals surface area contributed by atoms with E-state index in [4.69, 9.17) is 14.3 Å². The summed E-state index contributed by atoms with van der Waals surface area (Å²) in [5, 5.41) is 4.37. The molecule has 0 spiro atoms. The molecule has 2 N–H and O–H groups in total. The van der Waals surface area contributed by atoms with E-state index in [1.54, 1.807) is 31.6 Å². The number of hydrogen-bond acceptors (Lipinski definition) is 7. The van der Waals surface area contributed by atoms with Gasteiger partial charge in [-0.1, -0.05) is 12.1 Å². The summed E-state index contributed by atoms with van der Waals surface area (Å²) < 4.78 is 31.3. The standard InChI is InChI=1S/C21H24N4O3S/c1-27-19-10-17-18(23-13-24-21(17)25-15-6-4-7-15)11-20(19)28-12-14-5-3-8-16(9-14)29(2,22)26/h3,5,8-11,13,15,22H,4,6-7,12H2,1-2H3,(H,23,24,25). The molecule has 4 rings (SSSR count). The normalized spacial score (nSPS) is 16.1. The molecule has 1 aromatic heterocycles. The van der Waals surface area contributed by atoms with Gasteiger partial charge >= 0.3 is 0 Å². The number of rotatable bonds is 7. The molecule has 2 aromatic carbocycles. The number of fused-ring (bicyclic) bond motifs is 1. The summed E-state index contributed by atoms with van der Waals surface area (Å²) in [4.78, 5) is 9.27. The summed E-state index contributed by atoms with van der Waals surface area (Å²) in [6, 6.07) is 11.3. The Hall–Kier alpha value is -2.87. The van der Waals surface area contributed by atoms with E-state index in [2.05, 4.69) is 15.3 Å². The van der Waals surface area contributed by atoms with Crippen LogP contribution in [0.1, 0.15) is 24.8 Å². The van der Waals surface area contributed by atoms with Crippen molar-refractivity contribution in [2.24, 2.45) is 0 Å². The lowest BCUT2D eigenvalue weighted by Gasteiger charge is -2.27. The highest BCUT2D eigenvalue weighted by Gasteiger charge is 2.19. The van der Waals surface area contributed by atoms with Crippen LogP contribution in [0.15, 0.2) is 47.6 Å². The molecule has 0 aliphatic heterocycles. The maximum absolute atomic E-state index is 12.0. The Morgan fingerprint density at radius 2 is 2.03 bits per heavy atom. The van der Waals surface area contributed by atoms with E-state index in [-0.39, 0.29) is 6.61 Å². The molecule has 0 amide bonds. The first-order valence-electron chi connectivity index (χ1n) is 9.49. The number of aromatic nitrogens is 2. The molecular weight excluding hydrogens is 388 g/mol. The van der Waals surface area contributed by atoms with Crippen molar-refractivity contribution >= 4 is 26.4 Å². The average molecular weight is 413 g/mol. The van der Waals surface area contributed by atoms with Gasteiger partial charge in [-0.05, 0) is 43.0 Å². The summed E-state index contributed by atoms with van der Waals surface area (Å²) in [7, 11) is -1.17. The molecule has 29 heavy (non-hydrogen) atoms. The van der Waals surface area contributed by atoms with Crippen molar-refractivity contribution in [1.82, 2.24) is 9.97 Å². The van der Waals surface area contributed by atoms with Gasteiger partial charge in [-0.15, -0.1) is 0 Å². The van der Waals surface area contributed by atoms with Crippen molar-refractivity contribution in [2.45, 2.75) is 36.8 Å². The van der Waals surface area contributed by atoms with Crippen molar-refractivity contribution < 1.29 is 13.7 Å². The number of methoxy groups -OCH3 is 1. The Labute approximate surface area is 170 Å². The summed E-state index contributed by atoms with van der Waals surface area (Å²) in [5.74, 6) is 1.98. The predicted octanol–water partition coefficient (Wildman–Crippen LogP) is 4.22. The van der Waals surface area contributed by atoms with E-state index < -0.39 is 9.73 Å². The van der Waals surface area contributed by atoms with Crippen LogP contribution in [0.4, 0.5) is 5.82 Å². The first kappa shape index (κ1) is 19.4. The van der Waals surface area contributed by atoms with Gasteiger partial charge in [0.15, 0.2) is 11.5 Å². The second-order valence-corrected chi connectivity index (χ2v) is 9.45. The minimum Gasteiger partial charge on any atom is -0.493 e. The van der Waals surface area contributed by atoms with Crippen LogP contribution in [0.2, 0.25) is 0 Å². The second-order valence-electron chi connectivity index (χ2n) is 7.29. The molecule has 1 unspecified atom stereocenters. The van der Waals surface area contributed by atoms with Crippen molar-refractivity contribution in [3.63, 3.8) is 0 Å². The SMILES string of the molecule is COc1cc2c(NC3CCC3)ncnc2cc1OCc1cccc(S(C)(=N)=O)c1. The first-order valence-corrected chi connectivity index (χ1v) is 11.5. The smallest absolute Gasteiger partial charge is 0.163 e. The fraction of sp³-hybridized carbons (Fsp3) is 0.333. The van der Waals surface area contributed by atoms with Gasteiger partial charge in [0.1, 0.15) is 18.8 Å². The number of nitrogens with one attached hydrogen (secondary N) is 2. The highest BCUT2D eigenvalue weighted by molar-refractivity contribution is 7.91. The van der Waals surface area contributed by atoms with E-state index in [0.29, 0.717) is 22.4 Å².